The van der Waals surface area contributed by atoms with Gasteiger partial charge in [0, 0.05) is 19.3 Å². The molecule has 0 bridgehead atoms. The molecule has 0 saturated carbocycles. The first-order valence-electron chi connectivity index (χ1n) is 5.54. The summed E-state index contributed by atoms with van der Waals surface area (Å²) in [6.45, 7) is 0.593. The molecule has 18 heavy (non-hydrogen) atoms. The summed E-state index contributed by atoms with van der Waals surface area (Å²) < 4.78 is 0. The van der Waals surface area contributed by atoms with Gasteiger partial charge in [0.1, 0.15) is 5.69 Å². The molecule has 1 amide bonds. The van der Waals surface area contributed by atoms with Gasteiger partial charge in [0.05, 0.1) is 11.9 Å². The fourth-order valence-corrected chi connectivity index (χ4v) is 1.64. The van der Waals surface area contributed by atoms with Crippen LogP contribution in [0.5, 0.6) is 0 Å². The quantitative estimate of drug-likeness (QED) is 0.635. The molecule has 6 heteroatoms. The SMILES string of the molecule is CNc1cccc(CNc2cn[nH]c2C(N)=O)c1. The first-order valence-corrected chi connectivity index (χ1v) is 5.54. The van der Waals surface area contributed by atoms with Crippen molar-refractivity contribution in [2.45, 2.75) is 6.54 Å². The van der Waals surface area contributed by atoms with Crippen LogP contribution in [0.25, 0.3) is 0 Å². The highest BCUT2D eigenvalue weighted by molar-refractivity contribution is 5.96. The molecular formula is C12H15N5O. The van der Waals surface area contributed by atoms with Crippen molar-refractivity contribution in [3.8, 4) is 0 Å². The van der Waals surface area contributed by atoms with Gasteiger partial charge in [-0.05, 0) is 17.7 Å². The summed E-state index contributed by atoms with van der Waals surface area (Å²) in [6.07, 6.45) is 1.54. The third-order valence-corrected chi connectivity index (χ3v) is 2.58. The summed E-state index contributed by atoms with van der Waals surface area (Å²) in [5.74, 6) is -0.529. The molecule has 0 unspecified atom stereocenters. The number of nitrogens with one attached hydrogen (secondary N) is 3. The topological polar surface area (TPSA) is 95.8 Å². The number of nitrogens with two attached hydrogens (primary N) is 1. The zero-order valence-electron chi connectivity index (χ0n) is 10.0. The van der Waals surface area contributed by atoms with E-state index in [0.717, 1.165) is 11.3 Å². The molecule has 0 aliphatic carbocycles. The Morgan fingerprint density at radius 2 is 2.33 bits per heavy atom. The van der Waals surface area contributed by atoms with Gasteiger partial charge in [0.25, 0.3) is 5.91 Å². The third-order valence-electron chi connectivity index (χ3n) is 2.58. The first-order chi connectivity index (χ1) is 8.70. The molecule has 2 rings (SSSR count). The van der Waals surface area contributed by atoms with Crippen molar-refractivity contribution >= 4 is 17.3 Å². The van der Waals surface area contributed by atoms with Crippen molar-refractivity contribution in [2.75, 3.05) is 17.7 Å². The van der Waals surface area contributed by atoms with Crippen molar-refractivity contribution in [3.05, 3.63) is 41.7 Å². The van der Waals surface area contributed by atoms with Gasteiger partial charge in [-0.15, -0.1) is 0 Å². The van der Waals surface area contributed by atoms with E-state index in [9.17, 15) is 4.79 Å². The van der Waals surface area contributed by atoms with Gasteiger partial charge in [-0.25, -0.2) is 0 Å². The van der Waals surface area contributed by atoms with Crippen molar-refractivity contribution in [1.82, 2.24) is 10.2 Å². The molecule has 1 aromatic heterocycles. The highest BCUT2D eigenvalue weighted by atomic mass is 16.1. The Balaban J connectivity index is 2.06. The standard InChI is InChI=1S/C12H15N5O/c1-14-9-4-2-3-8(5-9)6-15-10-7-16-17-11(10)12(13)18/h2-5,7,14-15H,6H2,1H3,(H2,13,18)(H,16,17). The summed E-state index contributed by atoms with van der Waals surface area (Å²) in [4.78, 5) is 11.1. The molecule has 1 heterocycles. The van der Waals surface area contributed by atoms with Crippen LogP contribution >= 0.6 is 0 Å². The largest absolute Gasteiger partial charge is 0.388 e. The lowest BCUT2D eigenvalue weighted by Crippen LogP contribution is -2.14. The van der Waals surface area contributed by atoms with Crippen LogP contribution in [0, 0.1) is 0 Å². The number of anilines is 2. The number of aromatic amines is 1. The van der Waals surface area contributed by atoms with Gasteiger partial charge in [-0.2, -0.15) is 5.10 Å². The fraction of sp³-hybridized carbons (Fsp3) is 0.167. The second-order valence-electron chi connectivity index (χ2n) is 3.83. The minimum absolute atomic E-state index is 0.291. The molecule has 1 aromatic carbocycles. The number of carbonyl (C=O) groups is 1. The molecule has 5 N–H and O–H groups in total. The predicted octanol–water partition coefficient (Wildman–Crippen LogP) is 1.16. The zero-order valence-corrected chi connectivity index (χ0v) is 10.0. The van der Waals surface area contributed by atoms with E-state index < -0.39 is 5.91 Å². The third kappa shape index (κ3) is 2.60. The average Bonchev–Trinajstić information content (AvgIpc) is 2.85. The highest BCUT2D eigenvalue weighted by Crippen LogP contribution is 2.14. The number of benzene rings is 1. The minimum atomic E-state index is -0.529. The van der Waals surface area contributed by atoms with Crippen LogP contribution in [0.15, 0.2) is 30.5 Å². The summed E-state index contributed by atoms with van der Waals surface area (Å²) in [5, 5.41) is 12.5. The van der Waals surface area contributed by atoms with Gasteiger partial charge < -0.3 is 16.4 Å². The molecule has 0 spiro atoms. The maximum Gasteiger partial charge on any atom is 0.268 e. The van der Waals surface area contributed by atoms with Crippen molar-refractivity contribution in [3.63, 3.8) is 0 Å². The minimum Gasteiger partial charge on any atom is -0.388 e. The lowest BCUT2D eigenvalue weighted by atomic mass is 10.2. The molecule has 0 radical (unpaired) electrons. The Labute approximate surface area is 105 Å². The van der Waals surface area contributed by atoms with E-state index in [1.54, 1.807) is 6.20 Å². The summed E-state index contributed by atoms with van der Waals surface area (Å²) in [5.41, 5.74) is 8.25. The van der Waals surface area contributed by atoms with Crippen LogP contribution in [0.3, 0.4) is 0 Å². The molecule has 0 aliphatic rings. The molecule has 2 aromatic rings. The second-order valence-corrected chi connectivity index (χ2v) is 3.83. The fourth-order valence-electron chi connectivity index (χ4n) is 1.64. The monoisotopic (exact) mass is 245 g/mol. The Kier molecular flexibility index (Phi) is 3.47. The van der Waals surface area contributed by atoms with Crippen LogP contribution in [0.2, 0.25) is 0 Å². The molecule has 6 nitrogen and oxygen atoms in total. The van der Waals surface area contributed by atoms with E-state index in [1.165, 1.54) is 0 Å². The molecule has 0 aliphatic heterocycles. The zero-order chi connectivity index (χ0) is 13.0. The Hall–Kier alpha value is -2.50. The van der Waals surface area contributed by atoms with Gasteiger partial charge in [0.2, 0.25) is 0 Å². The average molecular weight is 245 g/mol. The van der Waals surface area contributed by atoms with E-state index >= 15 is 0 Å². The van der Waals surface area contributed by atoms with Crippen LogP contribution < -0.4 is 16.4 Å². The van der Waals surface area contributed by atoms with Gasteiger partial charge in [0.15, 0.2) is 0 Å². The van der Waals surface area contributed by atoms with Crippen molar-refractivity contribution < 1.29 is 4.79 Å². The number of rotatable bonds is 5. The normalized spacial score (nSPS) is 10.1. The number of primary amides is 1. The molecule has 94 valence electrons. The summed E-state index contributed by atoms with van der Waals surface area (Å²) in [7, 11) is 1.87. The number of hydrogen-bond donors (Lipinski definition) is 4. The van der Waals surface area contributed by atoms with Crippen LogP contribution in [-0.4, -0.2) is 23.2 Å². The van der Waals surface area contributed by atoms with E-state index in [1.807, 2.05) is 31.3 Å². The number of H-pyrrole nitrogens is 1. The number of aromatic nitrogens is 2. The van der Waals surface area contributed by atoms with E-state index in [0.29, 0.717) is 17.9 Å². The van der Waals surface area contributed by atoms with Crippen LogP contribution in [0.1, 0.15) is 16.1 Å². The molecule has 0 saturated heterocycles. The van der Waals surface area contributed by atoms with Crippen molar-refractivity contribution in [2.24, 2.45) is 5.73 Å². The van der Waals surface area contributed by atoms with E-state index in [-0.39, 0.29) is 0 Å². The van der Waals surface area contributed by atoms with E-state index in [4.69, 9.17) is 5.73 Å². The Morgan fingerprint density at radius 1 is 1.50 bits per heavy atom. The predicted molar refractivity (Wildman–Crippen MR) is 70.4 cm³/mol. The Bertz CT molecular complexity index is 549. The number of hydrogen-bond acceptors (Lipinski definition) is 4. The van der Waals surface area contributed by atoms with Crippen molar-refractivity contribution in [1.29, 1.82) is 0 Å². The number of nitrogens with zero attached hydrogens (tertiary/aromatic N) is 1. The van der Waals surface area contributed by atoms with E-state index in [2.05, 4.69) is 20.8 Å². The smallest absolute Gasteiger partial charge is 0.268 e. The lowest BCUT2D eigenvalue weighted by Gasteiger charge is -2.07. The summed E-state index contributed by atoms with van der Waals surface area (Å²) in [6, 6.07) is 7.97. The van der Waals surface area contributed by atoms with Gasteiger partial charge >= 0.3 is 0 Å². The van der Waals surface area contributed by atoms with Crippen LogP contribution in [-0.2, 0) is 6.54 Å². The maximum absolute atomic E-state index is 11.1. The van der Waals surface area contributed by atoms with Gasteiger partial charge in [-0.1, -0.05) is 12.1 Å². The maximum atomic E-state index is 11.1. The van der Waals surface area contributed by atoms with Crippen LogP contribution in [0.4, 0.5) is 11.4 Å². The Morgan fingerprint density at radius 3 is 3.06 bits per heavy atom. The molecular weight excluding hydrogens is 230 g/mol. The second kappa shape index (κ2) is 5.22. The highest BCUT2D eigenvalue weighted by Gasteiger charge is 2.09. The lowest BCUT2D eigenvalue weighted by molar-refractivity contribution is 0.0996. The first kappa shape index (κ1) is 12.0. The number of carbonyl (C=O) groups excluding carboxylic acids is 1. The molecule has 0 atom stereocenters. The van der Waals surface area contributed by atoms with Gasteiger partial charge in [-0.3, -0.25) is 9.89 Å². The summed E-state index contributed by atoms with van der Waals surface area (Å²) >= 11 is 0. The number of amides is 1. The molecule has 0 fully saturated rings.